The lowest BCUT2D eigenvalue weighted by molar-refractivity contribution is 0.653. The van der Waals surface area contributed by atoms with E-state index in [0.717, 1.165) is 20.2 Å². The van der Waals surface area contributed by atoms with Crippen molar-refractivity contribution in [3.8, 4) is 0 Å². The van der Waals surface area contributed by atoms with Crippen LogP contribution in [0, 0.1) is 0 Å². The molecule has 0 aliphatic heterocycles. The van der Waals surface area contributed by atoms with Crippen molar-refractivity contribution in [2.24, 2.45) is 0 Å². The molecule has 0 saturated carbocycles. The molecule has 4 heteroatoms. The Morgan fingerprint density at radius 1 is 1.38 bits per heavy atom. The summed E-state index contributed by atoms with van der Waals surface area (Å²) in [5, 5.41) is 3.15. The number of anilines is 1. The van der Waals surface area contributed by atoms with Crippen molar-refractivity contribution in [1.82, 2.24) is 5.32 Å². The average molecular weight is 308 g/mol. The molecule has 0 aliphatic carbocycles. The van der Waals surface area contributed by atoms with Gasteiger partial charge in [-0.15, -0.1) is 0 Å². The first-order valence-corrected chi connectivity index (χ1v) is 5.56. The standard InChI is InChI=1S/C9H12Br2N2/c1-5(13-2)7-3-6(10)4-8(11)9(7)12/h3-5,13H,12H2,1-2H3/t5-/m1/s1. The molecule has 1 aromatic rings. The Morgan fingerprint density at radius 2 is 2.00 bits per heavy atom. The van der Waals surface area contributed by atoms with E-state index in [-0.39, 0.29) is 6.04 Å². The first kappa shape index (κ1) is 11.0. The van der Waals surface area contributed by atoms with E-state index in [9.17, 15) is 0 Å². The number of nitrogens with one attached hydrogen (secondary N) is 1. The van der Waals surface area contributed by atoms with Gasteiger partial charge in [-0.25, -0.2) is 0 Å². The van der Waals surface area contributed by atoms with Crippen molar-refractivity contribution >= 4 is 37.5 Å². The van der Waals surface area contributed by atoms with Gasteiger partial charge in [0, 0.05) is 15.0 Å². The summed E-state index contributed by atoms with van der Waals surface area (Å²) in [6, 6.07) is 4.23. The van der Waals surface area contributed by atoms with Gasteiger partial charge < -0.3 is 11.1 Å². The van der Waals surface area contributed by atoms with Crippen LogP contribution >= 0.6 is 31.9 Å². The predicted octanol–water partition coefficient (Wildman–Crippen LogP) is 3.07. The number of hydrogen-bond donors (Lipinski definition) is 2. The SMILES string of the molecule is CN[C@H](C)c1cc(Br)cc(Br)c1N. The zero-order valence-electron chi connectivity index (χ0n) is 7.57. The Kier molecular flexibility index (Phi) is 3.76. The topological polar surface area (TPSA) is 38.0 Å². The van der Waals surface area contributed by atoms with Crippen molar-refractivity contribution in [1.29, 1.82) is 0 Å². The Hall–Kier alpha value is -0.0600. The molecule has 72 valence electrons. The lowest BCUT2D eigenvalue weighted by atomic mass is 10.1. The normalized spacial score (nSPS) is 12.9. The number of hydrogen-bond acceptors (Lipinski definition) is 2. The summed E-state index contributed by atoms with van der Waals surface area (Å²) in [6.45, 7) is 2.07. The molecule has 0 radical (unpaired) electrons. The van der Waals surface area contributed by atoms with Gasteiger partial charge >= 0.3 is 0 Å². The number of nitrogen functional groups attached to an aromatic ring is 1. The van der Waals surface area contributed by atoms with Crippen LogP contribution in [0.4, 0.5) is 5.69 Å². The quantitative estimate of drug-likeness (QED) is 0.824. The Balaban J connectivity index is 3.20. The van der Waals surface area contributed by atoms with Gasteiger partial charge in [0.05, 0.1) is 5.69 Å². The monoisotopic (exact) mass is 306 g/mol. The van der Waals surface area contributed by atoms with E-state index in [4.69, 9.17) is 5.73 Å². The first-order chi connectivity index (χ1) is 6.06. The Morgan fingerprint density at radius 3 is 2.54 bits per heavy atom. The summed E-state index contributed by atoms with van der Waals surface area (Å²) in [7, 11) is 1.92. The van der Waals surface area contributed by atoms with Crippen LogP contribution in [0.3, 0.4) is 0 Å². The van der Waals surface area contributed by atoms with Gasteiger partial charge in [0.15, 0.2) is 0 Å². The highest BCUT2D eigenvalue weighted by molar-refractivity contribution is 9.11. The van der Waals surface area contributed by atoms with Gasteiger partial charge in [-0.2, -0.15) is 0 Å². The van der Waals surface area contributed by atoms with Crippen LogP contribution in [0.2, 0.25) is 0 Å². The van der Waals surface area contributed by atoms with E-state index < -0.39 is 0 Å². The van der Waals surface area contributed by atoms with E-state index in [0.29, 0.717) is 0 Å². The van der Waals surface area contributed by atoms with Crippen LogP contribution < -0.4 is 11.1 Å². The molecule has 0 unspecified atom stereocenters. The van der Waals surface area contributed by atoms with Crippen LogP contribution in [-0.2, 0) is 0 Å². The summed E-state index contributed by atoms with van der Waals surface area (Å²) in [5.41, 5.74) is 7.82. The highest BCUT2D eigenvalue weighted by Crippen LogP contribution is 2.31. The van der Waals surface area contributed by atoms with E-state index in [1.165, 1.54) is 0 Å². The Labute approximate surface area is 95.2 Å². The molecule has 1 atom stereocenters. The van der Waals surface area contributed by atoms with Crippen molar-refractivity contribution in [2.75, 3.05) is 12.8 Å². The first-order valence-electron chi connectivity index (χ1n) is 3.98. The highest BCUT2D eigenvalue weighted by atomic mass is 79.9. The van der Waals surface area contributed by atoms with Crippen LogP contribution in [0.1, 0.15) is 18.5 Å². The van der Waals surface area contributed by atoms with E-state index in [1.54, 1.807) is 0 Å². The molecule has 0 amide bonds. The second kappa shape index (κ2) is 4.44. The fraction of sp³-hybridized carbons (Fsp3) is 0.333. The lowest BCUT2D eigenvalue weighted by Gasteiger charge is -2.15. The maximum absolute atomic E-state index is 5.92. The number of nitrogens with two attached hydrogens (primary N) is 1. The van der Waals surface area contributed by atoms with Crippen molar-refractivity contribution < 1.29 is 0 Å². The van der Waals surface area contributed by atoms with Gasteiger partial charge in [0.25, 0.3) is 0 Å². The highest BCUT2D eigenvalue weighted by Gasteiger charge is 2.10. The molecule has 2 nitrogen and oxygen atoms in total. The minimum atomic E-state index is 0.258. The minimum Gasteiger partial charge on any atom is -0.398 e. The molecular weight excluding hydrogens is 296 g/mol. The second-order valence-corrected chi connectivity index (χ2v) is 4.67. The molecular formula is C9H12Br2N2. The summed E-state index contributed by atoms with van der Waals surface area (Å²) < 4.78 is 1.96. The minimum absolute atomic E-state index is 0.258. The molecule has 3 N–H and O–H groups in total. The molecule has 13 heavy (non-hydrogen) atoms. The van der Waals surface area contributed by atoms with Crippen molar-refractivity contribution in [3.63, 3.8) is 0 Å². The smallest absolute Gasteiger partial charge is 0.0507 e. The van der Waals surface area contributed by atoms with Gasteiger partial charge in [0.2, 0.25) is 0 Å². The third-order valence-electron chi connectivity index (χ3n) is 2.03. The van der Waals surface area contributed by atoms with E-state index >= 15 is 0 Å². The molecule has 0 aromatic heterocycles. The van der Waals surface area contributed by atoms with Crippen molar-refractivity contribution in [3.05, 3.63) is 26.6 Å². The summed E-state index contributed by atoms with van der Waals surface area (Å²) >= 11 is 6.84. The molecule has 0 heterocycles. The average Bonchev–Trinajstić information content (AvgIpc) is 2.10. The predicted molar refractivity (Wildman–Crippen MR) is 63.7 cm³/mol. The van der Waals surface area contributed by atoms with Crippen LogP contribution in [0.15, 0.2) is 21.1 Å². The zero-order chi connectivity index (χ0) is 10.0. The maximum atomic E-state index is 5.92. The molecule has 0 aliphatic rings. The largest absolute Gasteiger partial charge is 0.398 e. The lowest BCUT2D eigenvalue weighted by Crippen LogP contribution is -2.14. The molecule has 1 rings (SSSR count). The van der Waals surface area contributed by atoms with Gasteiger partial charge in [0.1, 0.15) is 0 Å². The summed E-state index contributed by atoms with van der Waals surface area (Å²) in [6.07, 6.45) is 0. The van der Waals surface area contributed by atoms with Gasteiger partial charge in [-0.3, -0.25) is 0 Å². The molecule has 0 fully saturated rings. The number of rotatable bonds is 2. The van der Waals surface area contributed by atoms with Crippen LogP contribution in [0.5, 0.6) is 0 Å². The van der Waals surface area contributed by atoms with Crippen molar-refractivity contribution in [2.45, 2.75) is 13.0 Å². The second-order valence-electron chi connectivity index (χ2n) is 2.90. The van der Waals surface area contributed by atoms with Crippen LogP contribution in [0.25, 0.3) is 0 Å². The molecule has 0 saturated heterocycles. The summed E-state index contributed by atoms with van der Waals surface area (Å²) in [4.78, 5) is 0. The molecule has 0 bridgehead atoms. The third-order valence-corrected chi connectivity index (χ3v) is 3.14. The van der Waals surface area contributed by atoms with Gasteiger partial charge in [-0.05, 0) is 47.6 Å². The van der Waals surface area contributed by atoms with Crippen LogP contribution in [-0.4, -0.2) is 7.05 Å². The maximum Gasteiger partial charge on any atom is 0.0507 e. The third kappa shape index (κ3) is 2.45. The fourth-order valence-electron chi connectivity index (χ4n) is 1.12. The zero-order valence-corrected chi connectivity index (χ0v) is 10.7. The van der Waals surface area contributed by atoms with Gasteiger partial charge in [-0.1, -0.05) is 15.9 Å². The Bertz CT molecular complexity index is 313. The summed E-state index contributed by atoms with van der Waals surface area (Å²) in [5.74, 6) is 0. The number of halogens is 2. The number of benzene rings is 1. The van der Waals surface area contributed by atoms with E-state index in [1.807, 2.05) is 19.2 Å². The van der Waals surface area contributed by atoms with E-state index in [2.05, 4.69) is 44.1 Å². The fourth-order valence-corrected chi connectivity index (χ4v) is 2.38. The molecule has 0 spiro atoms. The molecule has 1 aromatic carbocycles.